The van der Waals surface area contributed by atoms with Gasteiger partial charge in [-0.2, -0.15) is 0 Å². The third kappa shape index (κ3) is 1.78. The number of benzene rings is 1. The Morgan fingerprint density at radius 3 is 2.95 bits per heavy atom. The van der Waals surface area contributed by atoms with Gasteiger partial charge in [-0.05, 0) is 24.1 Å². The molecule has 1 aliphatic rings. The SMILES string of the molecule is CCc1cn2c3c(cc(C(=O)O)cc13)NC(=O)CC2. The van der Waals surface area contributed by atoms with Crippen molar-refractivity contribution in [3.8, 4) is 0 Å². The van der Waals surface area contributed by atoms with Gasteiger partial charge in [-0.3, -0.25) is 4.79 Å². The first kappa shape index (κ1) is 11.8. The summed E-state index contributed by atoms with van der Waals surface area (Å²) in [6.45, 7) is 2.67. The number of carboxylic acids is 1. The highest BCUT2D eigenvalue weighted by molar-refractivity contribution is 6.06. The van der Waals surface area contributed by atoms with E-state index in [0.717, 1.165) is 22.9 Å². The van der Waals surface area contributed by atoms with Crippen LogP contribution in [0.25, 0.3) is 10.9 Å². The summed E-state index contributed by atoms with van der Waals surface area (Å²) in [5.74, 6) is -1.06. The first-order valence-electron chi connectivity index (χ1n) is 6.29. The van der Waals surface area contributed by atoms with Gasteiger partial charge in [0, 0.05) is 24.5 Å². The van der Waals surface area contributed by atoms with E-state index in [1.54, 1.807) is 6.07 Å². The van der Waals surface area contributed by atoms with Crippen molar-refractivity contribution >= 4 is 28.5 Å². The molecule has 0 saturated heterocycles. The van der Waals surface area contributed by atoms with Crippen LogP contribution in [0, 0.1) is 0 Å². The lowest BCUT2D eigenvalue weighted by molar-refractivity contribution is -0.116. The number of hydrogen-bond donors (Lipinski definition) is 2. The summed E-state index contributed by atoms with van der Waals surface area (Å²) in [6.07, 6.45) is 3.25. The fourth-order valence-corrected chi connectivity index (χ4v) is 2.62. The van der Waals surface area contributed by atoms with Gasteiger partial charge in [0.2, 0.25) is 5.91 Å². The Morgan fingerprint density at radius 1 is 1.47 bits per heavy atom. The number of anilines is 1. The minimum Gasteiger partial charge on any atom is -0.478 e. The number of amides is 1. The molecular formula is C14H14N2O3. The summed E-state index contributed by atoms with van der Waals surface area (Å²) in [5.41, 5.74) is 2.83. The van der Waals surface area contributed by atoms with Gasteiger partial charge in [-0.1, -0.05) is 6.92 Å². The second-order valence-electron chi connectivity index (χ2n) is 4.72. The molecule has 1 amide bonds. The number of rotatable bonds is 2. The Labute approximate surface area is 109 Å². The molecule has 0 fully saturated rings. The van der Waals surface area contributed by atoms with Gasteiger partial charge in [-0.25, -0.2) is 4.79 Å². The maximum Gasteiger partial charge on any atom is 0.335 e. The second kappa shape index (κ2) is 4.12. The van der Waals surface area contributed by atoms with Gasteiger partial charge in [0.25, 0.3) is 0 Å². The predicted octanol–water partition coefficient (Wildman–Crippen LogP) is 2.24. The van der Waals surface area contributed by atoms with Crippen molar-refractivity contribution in [1.29, 1.82) is 0 Å². The van der Waals surface area contributed by atoms with Crippen molar-refractivity contribution in [1.82, 2.24) is 4.57 Å². The summed E-state index contributed by atoms with van der Waals surface area (Å²) in [7, 11) is 0. The first-order valence-corrected chi connectivity index (χ1v) is 6.29. The Bertz CT molecular complexity index is 700. The Balaban J connectivity index is 2.36. The number of carboxylic acid groups (broad SMARTS) is 1. The third-order valence-corrected chi connectivity index (χ3v) is 3.54. The van der Waals surface area contributed by atoms with Crippen LogP contribution in [0.1, 0.15) is 29.3 Å². The average molecular weight is 258 g/mol. The molecule has 0 radical (unpaired) electrons. The zero-order valence-corrected chi connectivity index (χ0v) is 10.6. The maximum atomic E-state index is 11.7. The van der Waals surface area contributed by atoms with Crippen LogP contribution in [0.4, 0.5) is 5.69 Å². The number of carbonyl (C=O) groups is 2. The molecule has 5 nitrogen and oxygen atoms in total. The number of aromatic carboxylic acids is 1. The van der Waals surface area contributed by atoms with Gasteiger partial charge >= 0.3 is 5.97 Å². The summed E-state index contributed by atoms with van der Waals surface area (Å²) >= 11 is 0. The van der Waals surface area contributed by atoms with E-state index in [0.29, 0.717) is 18.7 Å². The lowest BCUT2D eigenvalue weighted by atomic mass is 10.1. The lowest BCUT2D eigenvalue weighted by Crippen LogP contribution is -2.11. The Hall–Kier alpha value is -2.30. The van der Waals surface area contributed by atoms with E-state index in [1.165, 1.54) is 6.07 Å². The highest BCUT2D eigenvalue weighted by Gasteiger charge is 2.20. The van der Waals surface area contributed by atoms with Crippen molar-refractivity contribution in [3.63, 3.8) is 0 Å². The molecule has 0 atom stereocenters. The molecule has 2 N–H and O–H groups in total. The monoisotopic (exact) mass is 258 g/mol. The zero-order valence-electron chi connectivity index (χ0n) is 10.6. The number of aryl methyl sites for hydroxylation is 2. The van der Waals surface area contributed by atoms with E-state index < -0.39 is 5.97 Å². The van der Waals surface area contributed by atoms with Crippen LogP contribution in [-0.2, 0) is 17.8 Å². The van der Waals surface area contributed by atoms with Gasteiger partial charge in [0.1, 0.15) is 0 Å². The van der Waals surface area contributed by atoms with Crippen LogP contribution in [0.15, 0.2) is 18.3 Å². The number of nitrogens with zero attached hydrogens (tertiary/aromatic N) is 1. The fourth-order valence-electron chi connectivity index (χ4n) is 2.62. The lowest BCUT2D eigenvalue weighted by Gasteiger charge is -2.06. The standard InChI is InChI=1S/C14H14N2O3/c1-2-8-7-16-4-3-12(17)15-11-6-9(14(18)19)5-10(8)13(11)16/h5-7H,2-4H2,1H3,(H,15,17)(H,18,19). The molecule has 5 heteroatoms. The van der Waals surface area contributed by atoms with E-state index in [1.807, 2.05) is 17.7 Å². The first-order chi connectivity index (χ1) is 9.10. The van der Waals surface area contributed by atoms with Crippen LogP contribution < -0.4 is 5.32 Å². The maximum absolute atomic E-state index is 11.7. The molecule has 0 bridgehead atoms. The van der Waals surface area contributed by atoms with Crippen molar-refractivity contribution in [3.05, 3.63) is 29.5 Å². The molecule has 0 unspecified atom stereocenters. The van der Waals surface area contributed by atoms with Crippen LogP contribution in [-0.4, -0.2) is 21.6 Å². The molecular weight excluding hydrogens is 244 g/mol. The Morgan fingerprint density at radius 2 is 2.26 bits per heavy atom. The van der Waals surface area contributed by atoms with E-state index >= 15 is 0 Å². The fraction of sp³-hybridized carbons (Fsp3) is 0.286. The number of aromatic nitrogens is 1. The summed E-state index contributed by atoms with van der Waals surface area (Å²) in [4.78, 5) is 22.8. The molecule has 0 spiro atoms. The van der Waals surface area contributed by atoms with Crippen LogP contribution >= 0.6 is 0 Å². The van der Waals surface area contributed by atoms with E-state index in [9.17, 15) is 9.59 Å². The molecule has 1 aromatic heterocycles. The average Bonchev–Trinajstić information content (AvgIpc) is 2.65. The molecule has 98 valence electrons. The predicted molar refractivity (Wildman–Crippen MR) is 71.5 cm³/mol. The minimum absolute atomic E-state index is 0.0782. The smallest absolute Gasteiger partial charge is 0.335 e. The van der Waals surface area contributed by atoms with Gasteiger partial charge in [0.05, 0.1) is 16.8 Å². The van der Waals surface area contributed by atoms with Gasteiger partial charge in [-0.15, -0.1) is 0 Å². The molecule has 0 saturated carbocycles. The molecule has 1 aliphatic heterocycles. The van der Waals surface area contributed by atoms with Crippen molar-refractivity contribution < 1.29 is 14.7 Å². The number of hydrogen-bond acceptors (Lipinski definition) is 2. The van der Waals surface area contributed by atoms with Crippen LogP contribution in [0.5, 0.6) is 0 Å². The molecule has 19 heavy (non-hydrogen) atoms. The molecule has 0 aliphatic carbocycles. The molecule has 3 rings (SSSR count). The summed E-state index contributed by atoms with van der Waals surface area (Å²) < 4.78 is 2.03. The highest BCUT2D eigenvalue weighted by atomic mass is 16.4. The normalized spacial score (nSPS) is 14.3. The highest BCUT2D eigenvalue weighted by Crippen LogP contribution is 2.32. The third-order valence-electron chi connectivity index (χ3n) is 3.54. The summed E-state index contributed by atoms with van der Waals surface area (Å²) in [5, 5.41) is 12.9. The summed E-state index contributed by atoms with van der Waals surface area (Å²) in [6, 6.07) is 3.22. The number of nitrogens with one attached hydrogen (secondary N) is 1. The van der Waals surface area contributed by atoms with E-state index in [-0.39, 0.29) is 11.5 Å². The minimum atomic E-state index is -0.980. The van der Waals surface area contributed by atoms with Gasteiger partial charge in [0.15, 0.2) is 0 Å². The van der Waals surface area contributed by atoms with E-state index in [4.69, 9.17) is 5.11 Å². The van der Waals surface area contributed by atoms with Gasteiger partial charge < -0.3 is 15.0 Å². The van der Waals surface area contributed by atoms with Crippen LogP contribution in [0.3, 0.4) is 0 Å². The van der Waals surface area contributed by atoms with E-state index in [2.05, 4.69) is 5.32 Å². The Kier molecular flexibility index (Phi) is 2.55. The molecule has 2 heterocycles. The van der Waals surface area contributed by atoms with Crippen molar-refractivity contribution in [2.24, 2.45) is 0 Å². The topological polar surface area (TPSA) is 71.3 Å². The zero-order chi connectivity index (χ0) is 13.6. The second-order valence-corrected chi connectivity index (χ2v) is 4.72. The molecule has 2 aromatic rings. The van der Waals surface area contributed by atoms with Crippen molar-refractivity contribution in [2.45, 2.75) is 26.3 Å². The molecule has 1 aromatic carbocycles. The largest absolute Gasteiger partial charge is 0.478 e. The number of carbonyl (C=O) groups excluding carboxylic acids is 1. The van der Waals surface area contributed by atoms with Crippen LogP contribution in [0.2, 0.25) is 0 Å². The quantitative estimate of drug-likeness (QED) is 0.867. The van der Waals surface area contributed by atoms with Crippen molar-refractivity contribution in [2.75, 3.05) is 5.32 Å².